The predicted octanol–water partition coefficient (Wildman–Crippen LogP) is 2.78. The molecule has 0 spiro atoms. The number of hydrogen-bond donors (Lipinski definition) is 2. The van der Waals surface area contributed by atoms with Crippen molar-refractivity contribution < 1.29 is 23.1 Å². The van der Waals surface area contributed by atoms with Crippen LogP contribution in [0.3, 0.4) is 0 Å². The Morgan fingerprint density at radius 3 is 2.59 bits per heavy atom. The fraction of sp³-hybridized carbons (Fsp3) is 0.182. The first kappa shape index (κ1) is 13.1. The molecule has 0 heterocycles. The van der Waals surface area contributed by atoms with Crippen LogP contribution in [0.1, 0.15) is 17.5 Å². The first-order valence-corrected chi connectivity index (χ1v) is 4.66. The van der Waals surface area contributed by atoms with E-state index >= 15 is 0 Å². The van der Waals surface area contributed by atoms with E-state index in [1.54, 1.807) is 0 Å². The highest BCUT2D eigenvalue weighted by atomic mass is 19.4. The van der Waals surface area contributed by atoms with Crippen molar-refractivity contribution in [1.29, 1.82) is 0 Å². The molecule has 0 aromatic heterocycles. The van der Waals surface area contributed by atoms with Crippen molar-refractivity contribution in [3.63, 3.8) is 0 Å². The molecule has 17 heavy (non-hydrogen) atoms. The molecule has 3 N–H and O–H groups in total. The van der Waals surface area contributed by atoms with Crippen molar-refractivity contribution in [2.75, 3.05) is 5.73 Å². The Labute approximate surface area is 95.4 Å². The molecule has 0 aliphatic heterocycles. The second-order valence-corrected chi connectivity index (χ2v) is 3.34. The van der Waals surface area contributed by atoms with E-state index in [-0.39, 0.29) is 17.7 Å². The predicted molar refractivity (Wildman–Crippen MR) is 57.1 cm³/mol. The first-order chi connectivity index (χ1) is 7.80. The minimum absolute atomic E-state index is 0.244. The Morgan fingerprint density at radius 1 is 1.41 bits per heavy atom. The van der Waals surface area contributed by atoms with Gasteiger partial charge in [0.15, 0.2) is 0 Å². The Hall–Kier alpha value is -1.98. The van der Waals surface area contributed by atoms with Crippen LogP contribution in [0.15, 0.2) is 24.3 Å². The van der Waals surface area contributed by atoms with Crippen LogP contribution in [-0.4, -0.2) is 11.1 Å². The molecule has 0 saturated heterocycles. The van der Waals surface area contributed by atoms with Gasteiger partial charge in [-0.2, -0.15) is 13.2 Å². The summed E-state index contributed by atoms with van der Waals surface area (Å²) in [5.41, 5.74) is 4.20. The minimum Gasteiger partial charge on any atom is -0.481 e. The van der Waals surface area contributed by atoms with E-state index in [1.807, 2.05) is 0 Å². The molecule has 0 aliphatic rings. The third-order valence-electron chi connectivity index (χ3n) is 1.99. The van der Waals surface area contributed by atoms with Crippen molar-refractivity contribution in [3.8, 4) is 0 Å². The molecule has 0 bridgehead atoms. The summed E-state index contributed by atoms with van der Waals surface area (Å²) < 4.78 is 37.4. The van der Waals surface area contributed by atoms with Gasteiger partial charge in [-0.3, -0.25) is 4.79 Å². The number of carboxylic acid groups (broad SMARTS) is 1. The topological polar surface area (TPSA) is 63.3 Å². The molecule has 0 radical (unpaired) electrons. The zero-order chi connectivity index (χ0) is 13.1. The smallest absolute Gasteiger partial charge is 0.418 e. The lowest BCUT2D eigenvalue weighted by Crippen LogP contribution is -2.08. The average Bonchev–Trinajstić information content (AvgIpc) is 2.18. The van der Waals surface area contributed by atoms with Gasteiger partial charge >= 0.3 is 12.1 Å². The molecule has 0 amide bonds. The lowest BCUT2D eigenvalue weighted by Gasteiger charge is -2.10. The van der Waals surface area contributed by atoms with E-state index in [0.717, 1.165) is 12.1 Å². The van der Waals surface area contributed by atoms with E-state index in [4.69, 9.17) is 10.8 Å². The van der Waals surface area contributed by atoms with Crippen LogP contribution in [0.5, 0.6) is 0 Å². The molecular formula is C11H10F3NO2. The average molecular weight is 245 g/mol. The van der Waals surface area contributed by atoms with Crippen LogP contribution in [0.4, 0.5) is 18.9 Å². The number of rotatable bonds is 3. The van der Waals surface area contributed by atoms with Crippen molar-refractivity contribution in [2.45, 2.75) is 12.6 Å². The molecule has 0 saturated carbocycles. The number of aliphatic carboxylic acids is 1. The molecule has 1 aromatic rings. The van der Waals surface area contributed by atoms with Gasteiger partial charge in [-0.05, 0) is 17.7 Å². The van der Waals surface area contributed by atoms with Gasteiger partial charge in [-0.15, -0.1) is 0 Å². The van der Waals surface area contributed by atoms with Gasteiger partial charge in [0.25, 0.3) is 0 Å². The summed E-state index contributed by atoms with van der Waals surface area (Å²) in [6.07, 6.45) is -2.18. The van der Waals surface area contributed by atoms with E-state index in [2.05, 4.69) is 0 Å². The SMILES string of the molecule is Nc1ccc(C=CCC(=O)O)cc1C(F)(F)F. The third-order valence-corrected chi connectivity index (χ3v) is 1.99. The van der Waals surface area contributed by atoms with Crippen LogP contribution in [0, 0.1) is 0 Å². The van der Waals surface area contributed by atoms with Crippen molar-refractivity contribution >= 4 is 17.7 Å². The molecule has 92 valence electrons. The van der Waals surface area contributed by atoms with Gasteiger partial charge in [-0.1, -0.05) is 18.2 Å². The number of nitrogens with two attached hydrogens (primary N) is 1. The first-order valence-electron chi connectivity index (χ1n) is 4.66. The second kappa shape index (κ2) is 4.90. The minimum atomic E-state index is -4.51. The number of carbonyl (C=O) groups is 1. The normalized spacial score (nSPS) is 11.9. The van der Waals surface area contributed by atoms with Crippen LogP contribution < -0.4 is 5.73 Å². The lowest BCUT2D eigenvalue weighted by molar-refractivity contribution is -0.137. The van der Waals surface area contributed by atoms with Gasteiger partial charge < -0.3 is 10.8 Å². The molecule has 0 fully saturated rings. The highest BCUT2D eigenvalue weighted by Gasteiger charge is 2.32. The largest absolute Gasteiger partial charge is 0.481 e. The monoisotopic (exact) mass is 245 g/mol. The quantitative estimate of drug-likeness (QED) is 0.805. The lowest BCUT2D eigenvalue weighted by atomic mass is 10.1. The van der Waals surface area contributed by atoms with Gasteiger partial charge in [0.05, 0.1) is 12.0 Å². The number of benzene rings is 1. The summed E-state index contributed by atoms with van der Waals surface area (Å²) in [6.45, 7) is 0. The number of carboxylic acids is 1. The summed E-state index contributed by atoms with van der Waals surface area (Å²) in [4.78, 5) is 10.2. The maximum Gasteiger partial charge on any atom is 0.418 e. The number of alkyl halides is 3. The van der Waals surface area contributed by atoms with Gasteiger partial charge in [-0.25, -0.2) is 0 Å². The molecule has 0 aliphatic carbocycles. The summed E-state index contributed by atoms with van der Waals surface area (Å²) in [7, 11) is 0. The summed E-state index contributed by atoms with van der Waals surface area (Å²) in [5.74, 6) is -1.05. The Morgan fingerprint density at radius 2 is 2.06 bits per heavy atom. The van der Waals surface area contributed by atoms with Gasteiger partial charge in [0.2, 0.25) is 0 Å². The summed E-state index contributed by atoms with van der Waals surface area (Å²) in [6, 6.07) is 3.42. The second-order valence-electron chi connectivity index (χ2n) is 3.34. The molecule has 3 nitrogen and oxygen atoms in total. The number of hydrogen-bond acceptors (Lipinski definition) is 2. The standard InChI is InChI=1S/C11H10F3NO2/c12-11(13,14)8-6-7(4-5-9(8)15)2-1-3-10(16)17/h1-2,4-6H,3,15H2,(H,16,17). The fourth-order valence-electron chi connectivity index (χ4n) is 1.22. The summed E-state index contributed by atoms with van der Waals surface area (Å²) >= 11 is 0. The molecule has 1 rings (SSSR count). The van der Waals surface area contributed by atoms with Crippen LogP contribution in [0.2, 0.25) is 0 Å². The van der Waals surface area contributed by atoms with Crippen LogP contribution in [-0.2, 0) is 11.0 Å². The van der Waals surface area contributed by atoms with Crippen molar-refractivity contribution in [3.05, 3.63) is 35.4 Å². The van der Waals surface area contributed by atoms with Gasteiger partial charge in [0, 0.05) is 5.69 Å². The maximum absolute atomic E-state index is 12.5. The zero-order valence-electron chi connectivity index (χ0n) is 8.66. The summed E-state index contributed by atoms with van der Waals surface area (Å²) in [5, 5.41) is 8.37. The highest BCUT2D eigenvalue weighted by Crippen LogP contribution is 2.34. The Balaban J connectivity index is 2.97. The van der Waals surface area contributed by atoms with E-state index in [0.29, 0.717) is 0 Å². The Kier molecular flexibility index (Phi) is 3.77. The van der Waals surface area contributed by atoms with E-state index in [9.17, 15) is 18.0 Å². The fourth-order valence-corrected chi connectivity index (χ4v) is 1.22. The van der Waals surface area contributed by atoms with Crippen LogP contribution >= 0.6 is 0 Å². The Bertz CT molecular complexity index is 453. The number of anilines is 1. The molecule has 1 aromatic carbocycles. The maximum atomic E-state index is 12.5. The number of halogens is 3. The zero-order valence-corrected chi connectivity index (χ0v) is 8.66. The molecule has 0 unspecified atom stereocenters. The van der Waals surface area contributed by atoms with Crippen molar-refractivity contribution in [2.24, 2.45) is 0 Å². The van der Waals surface area contributed by atoms with Crippen molar-refractivity contribution in [1.82, 2.24) is 0 Å². The number of nitrogen functional groups attached to an aromatic ring is 1. The van der Waals surface area contributed by atoms with Gasteiger partial charge in [0.1, 0.15) is 0 Å². The van der Waals surface area contributed by atoms with Crippen LogP contribution in [0.25, 0.3) is 6.08 Å². The molecular weight excluding hydrogens is 235 g/mol. The van der Waals surface area contributed by atoms with E-state index < -0.39 is 17.7 Å². The molecule has 6 heteroatoms. The molecule has 0 atom stereocenters. The van der Waals surface area contributed by atoms with E-state index in [1.165, 1.54) is 18.2 Å². The highest BCUT2D eigenvalue weighted by molar-refractivity contribution is 5.70. The third kappa shape index (κ3) is 3.82.